The zero-order chi connectivity index (χ0) is 47.5. The van der Waals surface area contributed by atoms with Gasteiger partial charge in [0.25, 0.3) is 0 Å². The average Bonchev–Trinajstić information content (AvgIpc) is 3.41. The second-order valence-corrected chi connectivity index (χ2v) is 18.9. The number of hydrogen-bond donors (Lipinski definition) is 2. The highest BCUT2D eigenvalue weighted by atomic mass is 15.2. The van der Waals surface area contributed by atoms with Crippen LogP contribution >= 0.6 is 0 Å². The zero-order valence-corrected chi connectivity index (χ0v) is 39.9. The van der Waals surface area contributed by atoms with Gasteiger partial charge in [-0.2, -0.15) is 0 Å². The lowest BCUT2D eigenvalue weighted by molar-refractivity contribution is 1.36. The second-order valence-electron chi connectivity index (χ2n) is 18.9. The van der Waals surface area contributed by atoms with Crippen LogP contribution in [0.15, 0.2) is 224 Å². The summed E-state index contributed by atoms with van der Waals surface area (Å²) in [6.45, 7) is 9.07. The van der Waals surface area contributed by atoms with E-state index < -0.39 is 0 Å². The largest absolute Gasteiger partial charge is 0.323 e. The molecular formula is C68H52N2. The Kier molecular flexibility index (Phi) is 10.7. The van der Waals surface area contributed by atoms with Crippen LogP contribution in [0.25, 0.3) is 121 Å². The van der Waals surface area contributed by atoms with Crippen molar-refractivity contribution in [3.63, 3.8) is 0 Å². The van der Waals surface area contributed by atoms with Gasteiger partial charge in [-0.15, -0.1) is 0 Å². The van der Waals surface area contributed by atoms with Crippen LogP contribution in [0.4, 0.5) is 5.69 Å². The van der Waals surface area contributed by atoms with E-state index in [1.54, 1.807) is 0 Å². The number of hydrazine groups is 1. The van der Waals surface area contributed by atoms with Crippen molar-refractivity contribution in [1.82, 2.24) is 0 Å². The third-order valence-corrected chi connectivity index (χ3v) is 14.7. The maximum atomic E-state index is 7.01. The Hall–Kier alpha value is -8.56. The van der Waals surface area contributed by atoms with Gasteiger partial charge in [0, 0.05) is 27.3 Å². The van der Waals surface area contributed by atoms with Gasteiger partial charge in [0.1, 0.15) is 0 Å². The Morgan fingerprint density at radius 1 is 0.271 bits per heavy atom. The number of rotatable bonds is 9. The van der Waals surface area contributed by atoms with E-state index in [0.717, 1.165) is 55.6 Å². The molecule has 0 atom stereocenters. The fourth-order valence-corrected chi connectivity index (χ4v) is 11.1. The number of nitrogens with two attached hydrogens (primary N) is 1. The van der Waals surface area contributed by atoms with Crippen LogP contribution in [0.1, 0.15) is 22.3 Å². The maximum absolute atomic E-state index is 7.01. The van der Waals surface area contributed by atoms with Crippen molar-refractivity contribution in [2.75, 3.05) is 5.43 Å². The molecule has 2 heteroatoms. The number of aryl methyl sites for hydroxylation is 4. The molecule has 0 amide bonds. The molecular weight excluding hydrogens is 845 g/mol. The SMILES string of the molecule is Cc1ccc(-c2ccccc2)cc1-c1c(NN)c2ccc3cccc4c(-c5cc(-c6ccccc6)ccc5C)c(-c5cc(-c6ccccc6)ccc5C)c(c1-c1cc(-c5ccccc5)ccc1C)c2c34. The summed E-state index contributed by atoms with van der Waals surface area (Å²) in [4.78, 5) is 0. The number of nitrogens with one attached hydrogen (secondary N) is 1. The van der Waals surface area contributed by atoms with Gasteiger partial charge in [-0.3, -0.25) is 5.84 Å². The van der Waals surface area contributed by atoms with Crippen molar-refractivity contribution in [3.8, 4) is 89.0 Å². The molecule has 0 saturated heterocycles. The van der Waals surface area contributed by atoms with Crippen LogP contribution in [0.2, 0.25) is 0 Å². The molecule has 0 aliphatic carbocycles. The minimum absolute atomic E-state index is 0.906. The summed E-state index contributed by atoms with van der Waals surface area (Å²) in [5, 5.41) is 7.11. The summed E-state index contributed by atoms with van der Waals surface area (Å²) in [5.41, 5.74) is 27.8. The first-order valence-corrected chi connectivity index (χ1v) is 24.3. The van der Waals surface area contributed by atoms with E-state index in [4.69, 9.17) is 5.84 Å². The summed E-state index contributed by atoms with van der Waals surface area (Å²) in [7, 11) is 0. The molecule has 0 unspecified atom stereocenters. The minimum atomic E-state index is 0.906. The van der Waals surface area contributed by atoms with Gasteiger partial charge in [-0.25, -0.2) is 0 Å². The molecule has 0 fully saturated rings. The zero-order valence-electron chi connectivity index (χ0n) is 39.9. The Balaban J connectivity index is 1.36. The minimum Gasteiger partial charge on any atom is -0.323 e. The summed E-state index contributed by atoms with van der Waals surface area (Å²) in [6, 6.07) is 82.5. The number of hydrogen-bond acceptors (Lipinski definition) is 2. The Bertz CT molecular complexity index is 3930. The predicted molar refractivity (Wildman–Crippen MR) is 300 cm³/mol. The smallest absolute Gasteiger partial charge is 0.0649 e. The monoisotopic (exact) mass is 896 g/mol. The molecule has 12 rings (SSSR count). The molecule has 12 aromatic carbocycles. The van der Waals surface area contributed by atoms with Gasteiger partial charge in [0.15, 0.2) is 0 Å². The van der Waals surface area contributed by atoms with E-state index in [0.29, 0.717) is 0 Å². The fraction of sp³-hybridized carbons (Fsp3) is 0.0588. The highest BCUT2D eigenvalue weighted by molar-refractivity contribution is 6.37. The van der Waals surface area contributed by atoms with E-state index in [9.17, 15) is 0 Å². The van der Waals surface area contributed by atoms with Gasteiger partial charge >= 0.3 is 0 Å². The van der Waals surface area contributed by atoms with Crippen molar-refractivity contribution in [2.24, 2.45) is 5.84 Å². The quantitative estimate of drug-likeness (QED) is 0.0861. The van der Waals surface area contributed by atoms with Crippen LogP contribution < -0.4 is 11.3 Å². The lowest BCUT2D eigenvalue weighted by atomic mass is 9.74. The summed E-state index contributed by atoms with van der Waals surface area (Å²) in [5.74, 6) is 7.01. The van der Waals surface area contributed by atoms with Crippen LogP contribution in [-0.2, 0) is 0 Å². The molecule has 70 heavy (non-hydrogen) atoms. The highest BCUT2D eigenvalue weighted by Crippen LogP contribution is 2.57. The standard InChI is InChI=1S/C68H52N2/c1-42-28-32-51(46-18-9-5-10-19-46)38-57(42)62-55-27-17-26-50-36-37-56-63(61(50)55)67(64(62)58-39-52(33-29-43(58)2)47-20-11-6-12-21-47)65(59-40-53(34-30-44(59)3)48-22-13-7-14-23-48)66(68(56)70-69)60-41-54(35-31-45(60)4)49-24-15-8-16-25-49/h5-41,70H,69H2,1-4H3. The van der Waals surface area contributed by atoms with E-state index >= 15 is 0 Å². The number of anilines is 1. The molecule has 2 nitrogen and oxygen atoms in total. The molecule has 0 saturated carbocycles. The van der Waals surface area contributed by atoms with Gasteiger partial charge < -0.3 is 5.43 Å². The Labute approximate surface area is 410 Å². The van der Waals surface area contributed by atoms with Gasteiger partial charge in [-0.05, 0) is 168 Å². The van der Waals surface area contributed by atoms with E-state index in [-0.39, 0.29) is 0 Å². The van der Waals surface area contributed by atoms with Crippen LogP contribution in [0.3, 0.4) is 0 Å². The van der Waals surface area contributed by atoms with Crippen LogP contribution in [-0.4, -0.2) is 0 Å². The van der Waals surface area contributed by atoms with Crippen LogP contribution in [0.5, 0.6) is 0 Å². The Morgan fingerprint density at radius 2 is 0.643 bits per heavy atom. The highest BCUT2D eigenvalue weighted by Gasteiger charge is 2.30. The molecule has 12 aromatic rings. The lowest BCUT2D eigenvalue weighted by Crippen LogP contribution is -2.11. The van der Waals surface area contributed by atoms with Crippen molar-refractivity contribution in [3.05, 3.63) is 247 Å². The van der Waals surface area contributed by atoms with Gasteiger partial charge in [0.05, 0.1) is 5.69 Å². The van der Waals surface area contributed by atoms with Crippen molar-refractivity contribution in [2.45, 2.75) is 27.7 Å². The van der Waals surface area contributed by atoms with Gasteiger partial charge in [-0.1, -0.05) is 200 Å². The normalized spacial score (nSPS) is 11.5. The van der Waals surface area contributed by atoms with Crippen molar-refractivity contribution >= 4 is 38.0 Å². The molecule has 0 heterocycles. The Morgan fingerprint density at radius 3 is 1.04 bits per heavy atom. The summed E-state index contributed by atoms with van der Waals surface area (Å²) < 4.78 is 0. The van der Waals surface area contributed by atoms with E-state index in [1.807, 2.05) is 0 Å². The first-order chi connectivity index (χ1) is 34.4. The third kappa shape index (κ3) is 7.15. The molecule has 334 valence electrons. The molecule has 0 spiro atoms. The molecule has 0 radical (unpaired) electrons. The maximum Gasteiger partial charge on any atom is 0.0649 e. The molecule has 0 aliphatic heterocycles. The third-order valence-electron chi connectivity index (χ3n) is 14.7. The first kappa shape index (κ1) is 42.8. The van der Waals surface area contributed by atoms with Crippen molar-refractivity contribution in [1.29, 1.82) is 0 Å². The molecule has 0 aliphatic rings. The molecule has 0 bridgehead atoms. The fourth-order valence-electron chi connectivity index (χ4n) is 11.1. The summed E-state index contributed by atoms with van der Waals surface area (Å²) >= 11 is 0. The topological polar surface area (TPSA) is 38.0 Å². The van der Waals surface area contributed by atoms with Crippen LogP contribution in [0, 0.1) is 27.7 Å². The molecule has 3 N–H and O–H groups in total. The second kappa shape index (κ2) is 17.5. The average molecular weight is 897 g/mol. The molecule has 0 aromatic heterocycles. The predicted octanol–water partition coefficient (Wildman–Crippen LogP) is 18.4. The number of benzene rings is 12. The number of nitrogen functional groups attached to an aromatic ring is 1. The van der Waals surface area contributed by atoms with Gasteiger partial charge in [0.2, 0.25) is 0 Å². The first-order valence-electron chi connectivity index (χ1n) is 24.3. The lowest BCUT2D eigenvalue weighted by Gasteiger charge is -2.29. The van der Waals surface area contributed by atoms with E-state index in [1.165, 1.54) is 93.7 Å². The van der Waals surface area contributed by atoms with E-state index in [2.05, 4.69) is 258 Å². The summed E-state index contributed by atoms with van der Waals surface area (Å²) in [6.07, 6.45) is 0. The van der Waals surface area contributed by atoms with Crippen molar-refractivity contribution < 1.29 is 0 Å².